The van der Waals surface area contributed by atoms with E-state index in [1.807, 2.05) is 6.92 Å². The molecule has 0 aliphatic heterocycles. The number of aliphatic carboxylic acids is 1. The summed E-state index contributed by atoms with van der Waals surface area (Å²) >= 11 is 0. The van der Waals surface area contributed by atoms with Crippen molar-refractivity contribution in [1.29, 1.82) is 0 Å². The van der Waals surface area contributed by atoms with Gasteiger partial charge in [0.25, 0.3) is 0 Å². The molecule has 5 heteroatoms. The highest BCUT2D eigenvalue weighted by atomic mass is 19.1. The number of methoxy groups -OCH3 is 1. The van der Waals surface area contributed by atoms with Gasteiger partial charge in [-0.15, -0.1) is 0 Å². The van der Waals surface area contributed by atoms with Gasteiger partial charge in [0.15, 0.2) is 0 Å². The van der Waals surface area contributed by atoms with Crippen molar-refractivity contribution in [3.63, 3.8) is 0 Å². The number of unbranched alkanes of at least 4 members (excludes halogenated alkanes) is 1. The maximum absolute atomic E-state index is 13.3. The standard InChI is InChI=1S/C13H18FNO3/c1-3-4-5-12(13(16)17)15-10-6-9(14)7-11(8-10)18-2/h6-8,12,15H,3-5H2,1-2H3,(H,16,17). The molecular formula is C13H18FNO3. The molecule has 0 amide bonds. The molecule has 0 saturated carbocycles. The third-order valence-electron chi connectivity index (χ3n) is 2.59. The Balaban J connectivity index is 2.79. The van der Waals surface area contributed by atoms with E-state index < -0.39 is 17.8 Å². The summed E-state index contributed by atoms with van der Waals surface area (Å²) in [5.74, 6) is -1.04. The van der Waals surface area contributed by atoms with Crippen molar-refractivity contribution in [2.45, 2.75) is 32.2 Å². The van der Waals surface area contributed by atoms with Crippen molar-refractivity contribution in [3.8, 4) is 5.75 Å². The Morgan fingerprint density at radius 3 is 2.78 bits per heavy atom. The summed E-state index contributed by atoms with van der Waals surface area (Å²) in [7, 11) is 1.43. The summed E-state index contributed by atoms with van der Waals surface area (Å²) in [6, 6.07) is 3.36. The number of carboxylic acid groups (broad SMARTS) is 1. The molecule has 1 unspecified atom stereocenters. The molecule has 0 aliphatic rings. The lowest BCUT2D eigenvalue weighted by Gasteiger charge is -2.16. The quantitative estimate of drug-likeness (QED) is 0.786. The molecule has 100 valence electrons. The van der Waals surface area contributed by atoms with Crippen LogP contribution >= 0.6 is 0 Å². The number of carboxylic acids is 1. The average molecular weight is 255 g/mol. The highest BCUT2D eigenvalue weighted by molar-refractivity contribution is 5.77. The largest absolute Gasteiger partial charge is 0.497 e. The van der Waals surface area contributed by atoms with Crippen LogP contribution in [-0.2, 0) is 4.79 Å². The number of hydrogen-bond donors (Lipinski definition) is 2. The van der Waals surface area contributed by atoms with Crippen molar-refractivity contribution < 1.29 is 19.0 Å². The molecule has 18 heavy (non-hydrogen) atoms. The van der Waals surface area contributed by atoms with Gasteiger partial charge < -0.3 is 15.2 Å². The highest BCUT2D eigenvalue weighted by Crippen LogP contribution is 2.21. The Hall–Kier alpha value is -1.78. The van der Waals surface area contributed by atoms with E-state index in [4.69, 9.17) is 9.84 Å². The van der Waals surface area contributed by atoms with Crippen molar-refractivity contribution in [2.24, 2.45) is 0 Å². The minimum absolute atomic E-state index is 0.358. The Morgan fingerprint density at radius 2 is 2.22 bits per heavy atom. The first kappa shape index (κ1) is 14.3. The Bertz CT molecular complexity index is 409. The third kappa shape index (κ3) is 4.24. The van der Waals surface area contributed by atoms with Crippen molar-refractivity contribution in [1.82, 2.24) is 0 Å². The van der Waals surface area contributed by atoms with E-state index in [0.717, 1.165) is 12.8 Å². The predicted molar refractivity (Wildman–Crippen MR) is 67.5 cm³/mol. The van der Waals surface area contributed by atoms with E-state index in [1.54, 1.807) is 6.07 Å². The minimum Gasteiger partial charge on any atom is -0.497 e. The van der Waals surface area contributed by atoms with Crippen LogP contribution in [0.25, 0.3) is 0 Å². The molecule has 1 rings (SSSR count). The van der Waals surface area contributed by atoms with Crippen LogP contribution in [0.3, 0.4) is 0 Å². The number of ether oxygens (including phenoxy) is 1. The summed E-state index contributed by atoms with van der Waals surface area (Å²) in [4.78, 5) is 11.1. The van der Waals surface area contributed by atoms with Crippen LogP contribution in [0.4, 0.5) is 10.1 Å². The van der Waals surface area contributed by atoms with Gasteiger partial charge in [0.2, 0.25) is 0 Å². The summed E-state index contributed by atoms with van der Waals surface area (Å²) in [5, 5.41) is 11.9. The van der Waals surface area contributed by atoms with Crippen molar-refractivity contribution in [3.05, 3.63) is 24.0 Å². The number of halogens is 1. The topological polar surface area (TPSA) is 58.6 Å². The van der Waals surface area contributed by atoms with Crippen LogP contribution in [-0.4, -0.2) is 24.2 Å². The second-order valence-corrected chi connectivity index (χ2v) is 4.06. The third-order valence-corrected chi connectivity index (χ3v) is 2.59. The lowest BCUT2D eigenvalue weighted by molar-refractivity contribution is -0.138. The first-order valence-corrected chi connectivity index (χ1v) is 5.90. The summed E-state index contributed by atoms with van der Waals surface area (Å²) < 4.78 is 18.2. The molecular weight excluding hydrogens is 237 g/mol. The second-order valence-electron chi connectivity index (χ2n) is 4.06. The molecule has 2 N–H and O–H groups in total. The number of nitrogens with one attached hydrogen (secondary N) is 1. The molecule has 1 aromatic rings. The normalized spacial score (nSPS) is 11.9. The van der Waals surface area contributed by atoms with Gasteiger partial charge in [0.05, 0.1) is 7.11 Å². The lowest BCUT2D eigenvalue weighted by Crippen LogP contribution is -2.29. The van der Waals surface area contributed by atoms with Gasteiger partial charge in [0.1, 0.15) is 17.6 Å². The van der Waals surface area contributed by atoms with Crippen LogP contribution in [0.5, 0.6) is 5.75 Å². The molecule has 0 radical (unpaired) electrons. The Labute approximate surface area is 106 Å². The fourth-order valence-corrected chi connectivity index (χ4v) is 1.63. The monoisotopic (exact) mass is 255 g/mol. The zero-order valence-electron chi connectivity index (χ0n) is 10.6. The van der Waals surface area contributed by atoms with E-state index in [2.05, 4.69) is 5.32 Å². The first-order valence-electron chi connectivity index (χ1n) is 5.90. The highest BCUT2D eigenvalue weighted by Gasteiger charge is 2.16. The number of carbonyl (C=O) groups is 1. The summed E-state index contributed by atoms with van der Waals surface area (Å²) in [5.41, 5.74) is 0.412. The molecule has 0 bridgehead atoms. The number of anilines is 1. The van der Waals surface area contributed by atoms with E-state index >= 15 is 0 Å². The number of hydrogen-bond acceptors (Lipinski definition) is 3. The maximum Gasteiger partial charge on any atom is 0.326 e. The van der Waals surface area contributed by atoms with Gasteiger partial charge in [-0.25, -0.2) is 9.18 Å². The minimum atomic E-state index is -0.938. The van der Waals surface area contributed by atoms with E-state index in [1.165, 1.54) is 19.2 Å². The van der Waals surface area contributed by atoms with Gasteiger partial charge in [-0.1, -0.05) is 19.8 Å². The molecule has 0 fully saturated rings. The number of benzene rings is 1. The van der Waals surface area contributed by atoms with Crippen molar-refractivity contribution >= 4 is 11.7 Å². The molecule has 0 aromatic heterocycles. The van der Waals surface area contributed by atoms with Gasteiger partial charge in [-0.3, -0.25) is 0 Å². The Morgan fingerprint density at radius 1 is 1.50 bits per heavy atom. The predicted octanol–water partition coefficient (Wildman–Crippen LogP) is 2.89. The fraction of sp³-hybridized carbons (Fsp3) is 0.462. The fourth-order valence-electron chi connectivity index (χ4n) is 1.63. The molecule has 0 heterocycles. The zero-order chi connectivity index (χ0) is 13.5. The summed E-state index contributed by atoms with van der Waals surface area (Å²) in [6.07, 6.45) is 2.22. The van der Waals surface area contributed by atoms with Crippen LogP contribution in [0, 0.1) is 5.82 Å². The summed E-state index contributed by atoms with van der Waals surface area (Å²) in [6.45, 7) is 1.99. The van der Waals surface area contributed by atoms with Gasteiger partial charge >= 0.3 is 5.97 Å². The lowest BCUT2D eigenvalue weighted by atomic mass is 10.1. The molecule has 1 aromatic carbocycles. The van der Waals surface area contributed by atoms with Gasteiger partial charge in [-0.2, -0.15) is 0 Å². The number of rotatable bonds is 7. The smallest absolute Gasteiger partial charge is 0.326 e. The van der Waals surface area contributed by atoms with E-state index in [0.29, 0.717) is 17.9 Å². The molecule has 0 aliphatic carbocycles. The second kappa shape index (κ2) is 6.83. The van der Waals surface area contributed by atoms with Crippen LogP contribution in [0.1, 0.15) is 26.2 Å². The average Bonchev–Trinajstić information content (AvgIpc) is 2.33. The van der Waals surface area contributed by atoms with Crippen LogP contribution in [0.15, 0.2) is 18.2 Å². The molecule has 4 nitrogen and oxygen atoms in total. The first-order chi connectivity index (χ1) is 8.56. The van der Waals surface area contributed by atoms with Gasteiger partial charge in [0, 0.05) is 17.8 Å². The van der Waals surface area contributed by atoms with Crippen LogP contribution in [0.2, 0.25) is 0 Å². The van der Waals surface area contributed by atoms with E-state index in [-0.39, 0.29) is 0 Å². The molecule has 0 spiro atoms. The SMILES string of the molecule is CCCCC(Nc1cc(F)cc(OC)c1)C(=O)O. The van der Waals surface area contributed by atoms with Crippen LogP contribution < -0.4 is 10.1 Å². The zero-order valence-corrected chi connectivity index (χ0v) is 10.6. The molecule has 1 atom stereocenters. The Kier molecular flexibility index (Phi) is 5.42. The van der Waals surface area contributed by atoms with Gasteiger partial charge in [-0.05, 0) is 12.5 Å². The van der Waals surface area contributed by atoms with E-state index in [9.17, 15) is 9.18 Å². The molecule has 0 saturated heterocycles. The maximum atomic E-state index is 13.3. The van der Waals surface area contributed by atoms with Crippen molar-refractivity contribution in [2.75, 3.05) is 12.4 Å².